The standard InChI is InChI=1S/C8H10ClFN2O3/c1-5(15-3-2-9)12-4-6(10)7(13)11-8(12)14/h4-5H,2-3H2,1H3,(H,11,13,14). The summed E-state index contributed by atoms with van der Waals surface area (Å²) in [6.07, 6.45) is 0.127. The molecule has 1 aromatic heterocycles. The molecule has 1 unspecified atom stereocenters. The van der Waals surface area contributed by atoms with Crippen molar-refractivity contribution >= 4 is 11.6 Å². The molecule has 0 aliphatic heterocycles. The van der Waals surface area contributed by atoms with Crippen molar-refractivity contribution in [2.45, 2.75) is 13.2 Å². The van der Waals surface area contributed by atoms with Gasteiger partial charge in [0.15, 0.2) is 0 Å². The van der Waals surface area contributed by atoms with Crippen LogP contribution in [0.15, 0.2) is 15.8 Å². The fraction of sp³-hybridized carbons (Fsp3) is 0.500. The summed E-state index contributed by atoms with van der Waals surface area (Å²) in [5, 5.41) is 0. The van der Waals surface area contributed by atoms with E-state index in [1.54, 1.807) is 6.92 Å². The number of aromatic amines is 1. The molecular weight excluding hydrogens is 227 g/mol. The fourth-order valence-corrected chi connectivity index (χ4v) is 1.12. The van der Waals surface area contributed by atoms with Crippen LogP contribution in [0.25, 0.3) is 0 Å². The molecule has 0 amide bonds. The largest absolute Gasteiger partial charge is 0.357 e. The van der Waals surface area contributed by atoms with Crippen LogP contribution in [0.1, 0.15) is 13.2 Å². The Morgan fingerprint density at radius 1 is 1.67 bits per heavy atom. The van der Waals surface area contributed by atoms with Gasteiger partial charge in [0.05, 0.1) is 12.8 Å². The van der Waals surface area contributed by atoms with Gasteiger partial charge in [-0.1, -0.05) is 0 Å². The van der Waals surface area contributed by atoms with Crippen LogP contribution in [0.3, 0.4) is 0 Å². The average Bonchev–Trinajstić information content (AvgIpc) is 2.20. The fourth-order valence-electron chi connectivity index (χ4n) is 1.03. The van der Waals surface area contributed by atoms with Gasteiger partial charge in [0.25, 0.3) is 5.56 Å². The first-order valence-corrected chi connectivity index (χ1v) is 4.78. The Kier molecular flexibility index (Phi) is 4.05. The van der Waals surface area contributed by atoms with E-state index in [1.807, 2.05) is 4.98 Å². The van der Waals surface area contributed by atoms with Crippen LogP contribution >= 0.6 is 11.6 Å². The van der Waals surface area contributed by atoms with E-state index in [-0.39, 0.29) is 12.5 Å². The molecule has 5 nitrogen and oxygen atoms in total. The second-order valence-corrected chi connectivity index (χ2v) is 3.18. The number of hydrogen-bond acceptors (Lipinski definition) is 3. The maximum Gasteiger partial charge on any atom is 0.330 e. The molecule has 0 aliphatic rings. The van der Waals surface area contributed by atoms with E-state index >= 15 is 0 Å². The third-order valence-electron chi connectivity index (χ3n) is 1.75. The Labute approximate surface area is 89.4 Å². The molecule has 84 valence electrons. The highest BCUT2D eigenvalue weighted by molar-refractivity contribution is 6.17. The van der Waals surface area contributed by atoms with Gasteiger partial charge in [-0.3, -0.25) is 14.3 Å². The van der Waals surface area contributed by atoms with Crippen molar-refractivity contribution in [1.82, 2.24) is 9.55 Å². The number of halogens is 2. The summed E-state index contributed by atoms with van der Waals surface area (Å²) in [6.45, 7) is 1.78. The number of alkyl halides is 1. The molecule has 1 rings (SSSR count). The zero-order valence-electron chi connectivity index (χ0n) is 8.00. The van der Waals surface area contributed by atoms with Gasteiger partial charge in [0, 0.05) is 5.88 Å². The first-order chi connectivity index (χ1) is 7.06. The van der Waals surface area contributed by atoms with Gasteiger partial charge < -0.3 is 4.74 Å². The van der Waals surface area contributed by atoms with E-state index in [4.69, 9.17) is 16.3 Å². The highest BCUT2D eigenvalue weighted by atomic mass is 35.5. The van der Waals surface area contributed by atoms with Crippen molar-refractivity contribution in [3.05, 3.63) is 32.9 Å². The zero-order chi connectivity index (χ0) is 11.4. The maximum atomic E-state index is 12.9. The highest BCUT2D eigenvalue weighted by Crippen LogP contribution is 2.03. The van der Waals surface area contributed by atoms with Crippen molar-refractivity contribution in [2.24, 2.45) is 0 Å². The van der Waals surface area contributed by atoms with Crippen LogP contribution in [-0.2, 0) is 4.74 Å². The number of hydrogen-bond donors (Lipinski definition) is 1. The normalized spacial score (nSPS) is 12.7. The Morgan fingerprint density at radius 3 is 2.93 bits per heavy atom. The van der Waals surface area contributed by atoms with Gasteiger partial charge in [-0.2, -0.15) is 4.39 Å². The van der Waals surface area contributed by atoms with E-state index < -0.39 is 23.3 Å². The Bertz CT molecular complexity index is 442. The monoisotopic (exact) mass is 236 g/mol. The molecule has 0 fully saturated rings. The second kappa shape index (κ2) is 5.09. The average molecular weight is 237 g/mol. The molecule has 1 heterocycles. The lowest BCUT2D eigenvalue weighted by Gasteiger charge is -2.14. The van der Waals surface area contributed by atoms with E-state index in [2.05, 4.69) is 0 Å². The third kappa shape index (κ3) is 2.90. The molecule has 0 radical (unpaired) electrons. The molecule has 0 saturated carbocycles. The molecule has 0 bridgehead atoms. The van der Waals surface area contributed by atoms with Gasteiger partial charge in [-0.25, -0.2) is 4.79 Å². The SMILES string of the molecule is CC(OCCCl)n1cc(F)c(=O)[nH]c1=O. The lowest BCUT2D eigenvalue weighted by molar-refractivity contribution is 0.0217. The quantitative estimate of drug-likeness (QED) is 0.772. The van der Waals surface area contributed by atoms with Gasteiger partial charge in [0.1, 0.15) is 6.23 Å². The molecule has 1 N–H and O–H groups in total. The van der Waals surface area contributed by atoms with Crippen molar-refractivity contribution in [3.63, 3.8) is 0 Å². The number of ether oxygens (including phenoxy) is 1. The van der Waals surface area contributed by atoms with E-state index in [9.17, 15) is 14.0 Å². The molecule has 0 saturated heterocycles. The summed E-state index contributed by atoms with van der Waals surface area (Å²) in [7, 11) is 0. The van der Waals surface area contributed by atoms with E-state index in [0.29, 0.717) is 0 Å². The first-order valence-electron chi connectivity index (χ1n) is 4.24. The number of rotatable bonds is 4. The Hall–Kier alpha value is -1.14. The van der Waals surface area contributed by atoms with Crippen LogP contribution in [0.4, 0.5) is 4.39 Å². The smallest absolute Gasteiger partial charge is 0.330 e. The highest BCUT2D eigenvalue weighted by Gasteiger charge is 2.09. The Balaban J connectivity index is 2.99. The minimum atomic E-state index is -1.04. The first kappa shape index (κ1) is 11.9. The van der Waals surface area contributed by atoms with Crippen molar-refractivity contribution < 1.29 is 9.13 Å². The van der Waals surface area contributed by atoms with Gasteiger partial charge in [0.2, 0.25) is 5.82 Å². The summed E-state index contributed by atoms with van der Waals surface area (Å²) in [4.78, 5) is 23.8. The number of nitrogens with zero attached hydrogens (tertiary/aromatic N) is 1. The molecular formula is C8H10ClFN2O3. The second-order valence-electron chi connectivity index (χ2n) is 2.80. The van der Waals surface area contributed by atoms with E-state index in [1.165, 1.54) is 0 Å². The van der Waals surface area contributed by atoms with Gasteiger partial charge in [-0.15, -0.1) is 11.6 Å². The molecule has 15 heavy (non-hydrogen) atoms. The predicted molar refractivity (Wildman–Crippen MR) is 52.7 cm³/mol. The molecule has 0 aromatic carbocycles. The third-order valence-corrected chi connectivity index (χ3v) is 1.91. The molecule has 1 atom stereocenters. The van der Waals surface area contributed by atoms with E-state index in [0.717, 1.165) is 10.8 Å². The molecule has 1 aromatic rings. The predicted octanol–water partition coefficient (Wildman–Crippen LogP) is 0.450. The topological polar surface area (TPSA) is 64.1 Å². The minimum absolute atomic E-state index is 0.232. The van der Waals surface area contributed by atoms with Crippen molar-refractivity contribution in [1.29, 1.82) is 0 Å². The Morgan fingerprint density at radius 2 is 2.33 bits per heavy atom. The van der Waals surface area contributed by atoms with Crippen LogP contribution < -0.4 is 11.2 Å². The molecule has 7 heteroatoms. The lowest BCUT2D eigenvalue weighted by atomic mass is 10.5. The van der Waals surface area contributed by atoms with Crippen molar-refractivity contribution in [2.75, 3.05) is 12.5 Å². The summed E-state index contributed by atoms with van der Waals surface area (Å²) in [5.41, 5.74) is -1.76. The number of aromatic nitrogens is 2. The number of H-pyrrole nitrogens is 1. The minimum Gasteiger partial charge on any atom is -0.357 e. The summed E-state index contributed by atoms with van der Waals surface area (Å²) >= 11 is 5.39. The van der Waals surface area contributed by atoms with Crippen LogP contribution in [0, 0.1) is 5.82 Å². The molecule has 0 spiro atoms. The van der Waals surface area contributed by atoms with Crippen LogP contribution in [0.5, 0.6) is 0 Å². The van der Waals surface area contributed by atoms with Crippen LogP contribution in [-0.4, -0.2) is 22.0 Å². The van der Waals surface area contributed by atoms with Gasteiger partial charge >= 0.3 is 5.69 Å². The summed E-state index contributed by atoms with van der Waals surface area (Å²) in [6, 6.07) is 0. The number of nitrogens with one attached hydrogen (secondary N) is 1. The van der Waals surface area contributed by atoms with Crippen LogP contribution in [0.2, 0.25) is 0 Å². The molecule has 0 aliphatic carbocycles. The van der Waals surface area contributed by atoms with Gasteiger partial charge in [-0.05, 0) is 6.92 Å². The zero-order valence-corrected chi connectivity index (χ0v) is 8.75. The maximum absolute atomic E-state index is 12.9. The summed E-state index contributed by atoms with van der Waals surface area (Å²) in [5.74, 6) is -0.763. The summed E-state index contributed by atoms with van der Waals surface area (Å²) < 4.78 is 18.9. The lowest BCUT2D eigenvalue weighted by Crippen LogP contribution is -2.33. The van der Waals surface area contributed by atoms with Crippen molar-refractivity contribution in [3.8, 4) is 0 Å².